The number of nitrogens with two attached hydrogens (primary N) is 1. The van der Waals surface area contributed by atoms with Gasteiger partial charge in [-0.1, -0.05) is 0 Å². The Labute approximate surface area is 64.3 Å². The molecule has 1 aromatic rings. The van der Waals surface area contributed by atoms with Crippen molar-refractivity contribution in [1.82, 2.24) is 0 Å². The molecule has 5 N–H and O–H groups in total. The highest BCUT2D eigenvalue weighted by molar-refractivity contribution is 5.67. The summed E-state index contributed by atoms with van der Waals surface area (Å²) in [6.07, 6.45) is 0. The van der Waals surface area contributed by atoms with Crippen molar-refractivity contribution < 1.29 is 10.2 Å². The van der Waals surface area contributed by atoms with E-state index >= 15 is 0 Å². The average molecular weight is 154 g/mol. The summed E-state index contributed by atoms with van der Waals surface area (Å²) in [5.74, 6) is -0.00468. The minimum Gasteiger partial charge on any atom is -0.506 e. The predicted molar refractivity (Wildman–Crippen MR) is 43.7 cm³/mol. The fourth-order valence-corrected chi connectivity index (χ4v) is 0.793. The Hall–Kier alpha value is -1.58. The summed E-state index contributed by atoms with van der Waals surface area (Å²) in [6.45, 7) is 0. The van der Waals surface area contributed by atoms with Gasteiger partial charge in [-0.15, -0.1) is 0 Å². The van der Waals surface area contributed by atoms with Gasteiger partial charge in [-0.25, -0.2) is 0 Å². The monoisotopic (exact) mass is 154 g/mol. The van der Waals surface area contributed by atoms with Crippen LogP contribution in [0.5, 0.6) is 11.5 Å². The maximum Gasteiger partial charge on any atom is 0.140 e. The van der Waals surface area contributed by atoms with E-state index in [1.54, 1.807) is 7.05 Å². The molecule has 0 amide bonds. The largest absolute Gasteiger partial charge is 0.506 e. The van der Waals surface area contributed by atoms with E-state index in [1.807, 2.05) is 0 Å². The standard InChI is InChI=1S/C7H10N2O2/c1-9-5-3-6(10)4(8)2-7(5)11/h2-3,9-11H,8H2,1H3. The van der Waals surface area contributed by atoms with Crippen LogP contribution in [0, 0.1) is 0 Å². The summed E-state index contributed by atoms with van der Waals surface area (Å²) in [6, 6.07) is 2.66. The van der Waals surface area contributed by atoms with Crippen molar-refractivity contribution >= 4 is 11.4 Å². The second-order valence-electron chi connectivity index (χ2n) is 2.18. The summed E-state index contributed by atoms with van der Waals surface area (Å²) in [5.41, 5.74) is 5.93. The molecule has 0 saturated heterocycles. The number of anilines is 2. The number of rotatable bonds is 1. The molecular formula is C7H10N2O2. The van der Waals surface area contributed by atoms with Gasteiger partial charge >= 0.3 is 0 Å². The van der Waals surface area contributed by atoms with Gasteiger partial charge in [0, 0.05) is 19.2 Å². The minimum absolute atomic E-state index is 0.0304. The molecule has 0 saturated carbocycles. The van der Waals surface area contributed by atoms with Crippen LogP contribution in [0.1, 0.15) is 0 Å². The number of benzene rings is 1. The molecule has 0 bridgehead atoms. The Balaban J connectivity index is 3.21. The molecule has 0 heterocycles. The zero-order valence-electron chi connectivity index (χ0n) is 6.13. The van der Waals surface area contributed by atoms with Gasteiger partial charge in [-0.2, -0.15) is 0 Å². The van der Waals surface area contributed by atoms with E-state index in [1.165, 1.54) is 12.1 Å². The number of phenolic OH excluding ortho intramolecular Hbond substituents is 2. The smallest absolute Gasteiger partial charge is 0.140 e. The van der Waals surface area contributed by atoms with Crippen molar-refractivity contribution in [3.63, 3.8) is 0 Å². The molecule has 0 fully saturated rings. The third kappa shape index (κ3) is 1.29. The molecule has 11 heavy (non-hydrogen) atoms. The maximum absolute atomic E-state index is 9.16. The number of hydrogen-bond donors (Lipinski definition) is 4. The molecule has 1 aromatic carbocycles. The minimum atomic E-state index is -0.0350. The normalized spacial score (nSPS) is 9.55. The first-order valence-electron chi connectivity index (χ1n) is 3.14. The number of aromatic hydroxyl groups is 2. The molecule has 0 aromatic heterocycles. The van der Waals surface area contributed by atoms with Crippen molar-refractivity contribution in [3.8, 4) is 11.5 Å². The average Bonchev–Trinajstić information content (AvgIpc) is 1.97. The highest BCUT2D eigenvalue weighted by atomic mass is 16.3. The van der Waals surface area contributed by atoms with Crippen LogP contribution in [0.25, 0.3) is 0 Å². The van der Waals surface area contributed by atoms with Gasteiger partial charge in [0.05, 0.1) is 11.4 Å². The molecule has 0 spiro atoms. The van der Waals surface area contributed by atoms with E-state index in [0.29, 0.717) is 5.69 Å². The summed E-state index contributed by atoms with van der Waals surface area (Å²) >= 11 is 0. The van der Waals surface area contributed by atoms with E-state index in [0.717, 1.165) is 0 Å². The molecule has 0 radical (unpaired) electrons. The van der Waals surface area contributed by atoms with E-state index in [-0.39, 0.29) is 17.2 Å². The molecule has 1 rings (SSSR count). The Morgan fingerprint density at radius 3 is 2.45 bits per heavy atom. The third-order valence-corrected chi connectivity index (χ3v) is 1.41. The Morgan fingerprint density at radius 1 is 1.27 bits per heavy atom. The van der Waals surface area contributed by atoms with E-state index in [2.05, 4.69) is 5.32 Å². The highest BCUT2D eigenvalue weighted by Gasteiger charge is 2.03. The van der Waals surface area contributed by atoms with Crippen molar-refractivity contribution in [2.75, 3.05) is 18.1 Å². The molecule has 0 aliphatic rings. The van der Waals surface area contributed by atoms with Crippen LogP contribution in [-0.2, 0) is 0 Å². The van der Waals surface area contributed by atoms with E-state index in [9.17, 15) is 0 Å². The maximum atomic E-state index is 9.16. The zero-order valence-corrected chi connectivity index (χ0v) is 6.13. The highest BCUT2D eigenvalue weighted by Crippen LogP contribution is 2.32. The lowest BCUT2D eigenvalue weighted by Crippen LogP contribution is -1.91. The number of nitrogen functional groups attached to an aromatic ring is 1. The lowest BCUT2D eigenvalue weighted by atomic mass is 10.2. The van der Waals surface area contributed by atoms with E-state index < -0.39 is 0 Å². The Kier molecular flexibility index (Phi) is 1.76. The van der Waals surface area contributed by atoms with Gasteiger partial charge in [0.15, 0.2) is 0 Å². The first kappa shape index (κ1) is 7.53. The number of hydrogen-bond acceptors (Lipinski definition) is 4. The van der Waals surface area contributed by atoms with Gasteiger partial charge in [0.2, 0.25) is 0 Å². The molecule has 4 heteroatoms. The molecule has 60 valence electrons. The van der Waals surface area contributed by atoms with Crippen molar-refractivity contribution in [3.05, 3.63) is 12.1 Å². The van der Waals surface area contributed by atoms with Crippen LogP contribution >= 0.6 is 0 Å². The second kappa shape index (κ2) is 2.57. The molecule has 0 unspecified atom stereocenters. The fraction of sp³-hybridized carbons (Fsp3) is 0.143. The van der Waals surface area contributed by atoms with Crippen LogP contribution in [-0.4, -0.2) is 17.3 Å². The molecule has 4 nitrogen and oxygen atoms in total. The van der Waals surface area contributed by atoms with Gasteiger partial charge in [0.25, 0.3) is 0 Å². The number of nitrogens with one attached hydrogen (secondary N) is 1. The molecule has 0 atom stereocenters. The summed E-state index contributed by atoms with van der Waals surface area (Å²) in [7, 11) is 1.64. The SMILES string of the molecule is CNc1cc(O)c(N)cc1O. The number of phenols is 2. The second-order valence-corrected chi connectivity index (χ2v) is 2.18. The Bertz CT molecular complexity index is 273. The van der Waals surface area contributed by atoms with Gasteiger partial charge in [-0.3, -0.25) is 0 Å². The van der Waals surface area contributed by atoms with Crippen LogP contribution < -0.4 is 11.1 Å². The fourth-order valence-electron chi connectivity index (χ4n) is 0.793. The van der Waals surface area contributed by atoms with Crippen LogP contribution in [0.15, 0.2) is 12.1 Å². The predicted octanol–water partition coefficient (Wildman–Crippen LogP) is 0.722. The van der Waals surface area contributed by atoms with Crippen LogP contribution in [0.4, 0.5) is 11.4 Å². The van der Waals surface area contributed by atoms with Gasteiger partial charge in [0.1, 0.15) is 11.5 Å². The van der Waals surface area contributed by atoms with Crippen molar-refractivity contribution in [2.24, 2.45) is 0 Å². The molecule has 0 aliphatic heterocycles. The topological polar surface area (TPSA) is 78.5 Å². The molecular weight excluding hydrogens is 144 g/mol. The van der Waals surface area contributed by atoms with Gasteiger partial charge < -0.3 is 21.3 Å². The third-order valence-electron chi connectivity index (χ3n) is 1.41. The van der Waals surface area contributed by atoms with Crippen LogP contribution in [0.3, 0.4) is 0 Å². The zero-order chi connectivity index (χ0) is 8.43. The lowest BCUT2D eigenvalue weighted by Gasteiger charge is -2.05. The van der Waals surface area contributed by atoms with Crippen molar-refractivity contribution in [2.45, 2.75) is 0 Å². The first-order chi connectivity index (χ1) is 5.15. The Morgan fingerprint density at radius 2 is 1.91 bits per heavy atom. The van der Waals surface area contributed by atoms with Crippen molar-refractivity contribution in [1.29, 1.82) is 0 Å². The summed E-state index contributed by atoms with van der Waals surface area (Å²) < 4.78 is 0. The lowest BCUT2D eigenvalue weighted by molar-refractivity contribution is 0.464. The first-order valence-corrected chi connectivity index (χ1v) is 3.14. The van der Waals surface area contributed by atoms with Gasteiger partial charge in [-0.05, 0) is 0 Å². The molecule has 0 aliphatic carbocycles. The summed E-state index contributed by atoms with van der Waals surface area (Å²) in [4.78, 5) is 0. The summed E-state index contributed by atoms with van der Waals surface area (Å²) in [5, 5.41) is 20.9. The van der Waals surface area contributed by atoms with Crippen LogP contribution in [0.2, 0.25) is 0 Å². The van der Waals surface area contributed by atoms with E-state index in [4.69, 9.17) is 15.9 Å². The quantitative estimate of drug-likeness (QED) is 0.273.